The van der Waals surface area contributed by atoms with Crippen molar-refractivity contribution >= 4 is 52.6 Å². The second-order valence-electron chi connectivity index (χ2n) is 6.59. The molecule has 1 N–H and O–H groups in total. The molecule has 148 valence electrons. The highest BCUT2D eigenvalue weighted by atomic mass is 35.5. The summed E-state index contributed by atoms with van der Waals surface area (Å²) in [4.78, 5) is 0. The van der Waals surface area contributed by atoms with Crippen molar-refractivity contribution in [1.29, 1.82) is 0 Å². The maximum atomic E-state index is 10.1. The third kappa shape index (κ3) is 11.1. The van der Waals surface area contributed by atoms with Crippen LogP contribution in [0.15, 0.2) is 18.2 Å². The van der Waals surface area contributed by atoms with Gasteiger partial charge in [0.1, 0.15) is 5.44 Å². The summed E-state index contributed by atoms with van der Waals surface area (Å²) in [7, 11) is 0. The van der Waals surface area contributed by atoms with Crippen molar-refractivity contribution in [3.05, 3.63) is 38.8 Å². The Balaban J connectivity index is 2.09. The Hall–Kier alpha value is 0.140. The first kappa shape index (κ1) is 24.2. The molecule has 0 aliphatic heterocycles. The molecule has 0 aliphatic rings. The van der Waals surface area contributed by atoms with Crippen LogP contribution in [-0.2, 0) is 0 Å². The molecule has 0 amide bonds. The van der Waals surface area contributed by atoms with Gasteiger partial charge in [-0.15, -0.1) is 11.8 Å². The number of hydrogen-bond acceptors (Lipinski definition) is 2. The number of thioether (sulfide) groups is 1. The van der Waals surface area contributed by atoms with Crippen LogP contribution in [0, 0.1) is 0 Å². The zero-order chi connectivity index (χ0) is 19.2. The Kier molecular flexibility index (Phi) is 14.0. The molecule has 0 saturated carbocycles. The van der Waals surface area contributed by atoms with Crippen molar-refractivity contribution < 1.29 is 5.11 Å². The van der Waals surface area contributed by atoms with E-state index in [0.29, 0.717) is 20.6 Å². The summed E-state index contributed by atoms with van der Waals surface area (Å²) in [5.41, 5.74) is 0.146. The number of benzene rings is 1. The molecule has 0 spiro atoms. The standard InChI is InChI=1S/C21H31Cl3OS/c1-2-3-4-5-6-7-8-9-10-11-14-26-21(25)13-12-18-19(23)15-17(22)16-20(18)24/h12-13,15-16,21,25H,2-11,14H2,1H3. The average molecular weight is 438 g/mol. The number of unbranched alkanes of at least 4 members (excludes halogenated alkanes) is 9. The molecule has 1 rings (SSSR count). The molecule has 0 aromatic heterocycles. The highest BCUT2D eigenvalue weighted by Crippen LogP contribution is 2.30. The summed E-state index contributed by atoms with van der Waals surface area (Å²) in [6.45, 7) is 2.26. The van der Waals surface area contributed by atoms with Gasteiger partial charge < -0.3 is 5.11 Å². The van der Waals surface area contributed by atoms with E-state index in [1.807, 2.05) is 0 Å². The molecular weight excluding hydrogens is 407 g/mol. The zero-order valence-electron chi connectivity index (χ0n) is 15.7. The summed E-state index contributed by atoms with van der Waals surface area (Å²) in [5.74, 6) is 0.962. The first-order valence-electron chi connectivity index (χ1n) is 9.67. The topological polar surface area (TPSA) is 20.2 Å². The molecule has 1 nitrogen and oxygen atoms in total. The fourth-order valence-corrected chi connectivity index (χ4v) is 4.49. The number of aliphatic hydroxyl groups excluding tert-OH is 1. The van der Waals surface area contributed by atoms with Gasteiger partial charge in [0, 0.05) is 10.6 Å². The van der Waals surface area contributed by atoms with Crippen LogP contribution in [0.3, 0.4) is 0 Å². The Bertz CT molecular complexity index is 511. The summed E-state index contributed by atoms with van der Waals surface area (Å²) in [6.07, 6.45) is 16.8. The molecule has 0 radical (unpaired) electrons. The third-order valence-corrected chi connectivity index (χ3v) is 6.12. The number of aliphatic hydroxyl groups is 1. The number of halogens is 3. The van der Waals surface area contributed by atoms with Crippen LogP contribution in [0.2, 0.25) is 15.1 Å². The second-order valence-corrected chi connectivity index (χ2v) is 9.06. The van der Waals surface area contributed by atoms with Crippen LogP contribution in [0.25, 0.3) is 6.08 Å². The molecule has 0 fully saturated rings. The Labute approximate surface area is 178 Å². The molecule has 5 heteroatoms. The lowest BCUT2D eigenvalue weighted by molar-refractivity contribution is 0.310. The molecular formula is C21H31Cl3OS. The molecule has 1 aromatic rings. The van der Waals surface area contributed by atoms with Crippen LogP contribution in [0.4, 0.5) is 0 Å². The lowest BCUT2D eigenvalue weighted by Gasteiger charge is -2.07. The molecule has 1 aromatic carbocycles. The lowest BCUT2D eigenvalue weighted by Crippen LogP contribution is -1.97. The lowest BCUT2D eigenvalue weighted by atomic mass is 10.1. The average Bonchev–Trinajstić information content (AvgIpc) is 2.58. The van der Waals surface area contributed by atoms with Crippen LogP contribution < -0.4 is 0 Å². The van der Waals surface area contributed by atoms with Gasteiger partial charge in [-0.25, -0.2) is 0 Å². The van der Waals surface area contributed by atoms with E-state index in [1.54, 1.807) is 36.0 Å². The van der Waals surface area contributed by atoms with E-state index in [1.165, 1.54) is 57.8 Å². The zero-order valence-corrected chi connectivity index (χ0v) is 18.7. The first-order valence-corrected chi connectivity index (χ1v) is 11.8. The van der Waals surface area contributed by atoms with Gasteiger partial charge in [-0.2, -0.15) is 0 Å². The minimum Gasteiger partial charge on any atom is -0.379 e. The molecule has 0 saturated heterocycles. The van der Waals surface area contributed by atoms with E-state index in [-0.39, 0.29) is 0 Å². The van der Waals surface area contributed by atoms with Crippen molar-refractivity contribution in [2.24, 2.45) is 0 Å². The summed E-state index contributed by atoms with van der Waals surface area (Å²) in [6, 6.07) is 3.30. The maximum absolute atomic E-state index is 10.1. The van der Waals surface area contributed by atoms with Gasteiger partial charge in [-0.3, -0.25) is 0 Å². The molecule has 0 heterocycles. The molecule has 26 heavy (non-hydrogen) atoms. The summed E-state index contributed by atoms with van der Waals surface area (Å²) < 4.78 is 0. The van der Waals surface area contributed by atoms with Crippen LogP contribution >= 0.6 is 46.6 Å². The van der Waals surface area contributed by atoms with Gasteiger partial charge in [0.15, 0.2) is 0 Å². The summed E-state index contributed by atoms with van der Waals surface area (Å²) >= 11 is 19.7. The minimum absolute atomic E-state index is 0.491. The molecule has 0 bridgehead atoms. The van der Waals surface area contributed by atoms with Gasteiger partial charge >= 0.3 is 0 Å². The Morgan fingerprint density at radius 2 is 1.38 bits per heavy atom. The van der Waals surface area contributed by atoms with Crippen LogP contribution in [0.5, 0.6) is 0 Å². The Morgan fingerprint density at radius 3 is 1.92 bits per heavy atom. The minimum atomic E-state index is -0.545. The van der Waals surface area contributed by atoms with Crippen LogP contribution in [-0.4, -0.2) is 16.3 Å². The largest absolute Gasteiger partial charge is 0.379 e. The van der Waals surface area contributed by atoms with E-state index in [9.17, 15) is 5.11 Å². The van der Waals surface area contributed by atoms with E-state index in [4.69, 9.17) is 34.8 Å². The molecule has 0 aliphatic carbocycles. The molecule has 1 atom stereocenters. The normalized spacial score (nSPS) is 12.8. The van der Waals surface area contributed by atoms with Gasteiger partial charge in [0.25, 0.3) is 0 Å². The highest BCUT2D eigenvalue weighted by Gasteiger charge is 2.06. The fraction of sp³-hybridized carbons (Fsp3) is 0.619. The SMILES string of the molecule is CCCCCCCCCCCCSC(O)C=Cc1c(Cl)cc(Cl)cc1Cl. The van der Waals surface area contributed by atoms with Crippen molar-refractivity contribution in [1.82, 2.24) is 0 Å². The fourth-order valence-electron chi connectivity index (χ4n) is 2.74. The van der Waals surface area contributed by atoms with Gasteiger partial charge in [-0.1, -0.05) is 106 Å². The number of rotatable bonds is 14. The van der Waals surface area contributed by atoms with Gasteiger partial charge in [-0.05, 0) is 30.4 Å². The van der Waals surface area contributed by atoms with E-state index in [2.05, 4.69) is 6.92 Å². The summed E-state index contributed by atoms with van der Waals surface area (Å²) in [5, 5.41) is 11.5. The van der Waals surface area contributed by atoms with Crippen molar-refractivity contribution in [3.8, 4) is 0 Å². The smallest absolute Gasteiger partial charge is 0.118 e. The van der Waals surface area contributed by atoms with Crippen molar-refractivity contribution in [2.75, 3.05) is 5.75 Å². The maximum Gasteiger partial charge on any atom is 0.118 e. The quantitative estimate of drug-likeness (QED) is 0.232. The Morgan fingerprint density at radius 1 is 0.885 bits per heavy atom. The van der Waals surface area contributed by atoms with E-state index in [0.717, 1.165) is 12.2 Å². The van der Waals surface area contributed by atoms with Crippen molar-refractivity contribution in [2.45, 2.75) is 76.6 Å². The van der Waals surface area contributed by atoms with Gasteiger partial charge in [0.2, 0.25) is 0 Å². The number of hydrogen-bond donors (Lipinski definition) is 1. The predicted octanol–water partition coefficient (Wildman–Crippen LogP) is 8.63. The predicted molar refractivity (Wildman–Crippen MR) is 121 cm³/mol. The first-order chi connectivity index (χ1) is 12.5. The van der Waals surface area contributed by atoms with Crippen LogP contribution in [0.1, 0.15) is 76.7 Å². The molecule has 1 unspecified atom stereocenters. The highest BCUT2D eigenvalue weighted by molar-refractivity contribution is 7.99. The monoisotopic (exact) mass is 436 g/mol. The van der Waals surface area contributed by atoms with Crippen molar-refractivity contribution in [3.63, 3.8) is 0 Å². The van der Waals surface area contributed by atoms with E-state index >= 15 is 0 Å². The van der Waals surface area contributed by atoms with E-state index < -0.39 is 5.44 Å². The van der Waals surface area contributed by atoms with Gasteiger partial charge in [0.05, 0.1) is 10.0 Å². The second kappa shape index (κ2) is 15.1. The third-order valence-electron chi connectivity index (χ3n) is 4.26.